The number of nitrogens with one attached hydrogen (secondary N) is 1. The van der Waals surface area contributed by atoms with Gasteiger partial charge in [-0.15, -0.1) is 0 Å². The first-order chi connectivity index (χ1) is 13.7. The lowest BCUT2D eigenvalue weighted by Crippen LogP contribution is -2.12. The Morgan fingerprint density at radius 1 is 1.04 bits per heavy atom. The number of aromatic nitrogens is 4. The zero-order valence-electron chi connectivity index (χ0n) is 15.1. The third-order valence-corrected chi connectivity index (χ3v) is 4.06. The maximum atomic E-state index is 12.2. The Hall–Kier alpha value is -3.81. The fourth-order valence-electron chi connectivity index (χ4n) is 2.64. The van der Waals surface area contributed by atoms with Crippen molar-refractivity contribution in [2.24, 2.45) is 0 Å². The van der Waals surface area contributed by atoms with E-state index < -0.39 is 0 Å². The number of pyridine rings is 1. The normalized spacial score (nSPS) is 10.8. The lowest BCUT2D eigenvalue weighted by molar-refractivity contribution is -0.116. The first-order valence-electron chi connectivity index (χ1n) is 8.73. The summed E-state index contributed by atoms with van der Waals surface area (Å²) < 4.78 is 10.4. The van der Waals surface area contributed by atoms with Gasteiger partial charge in [0.25, 0.3) is 0 Å². The maximum absolute atomic E-state index is 12.2. The maximum Gasteiger partial charge on any atom is 0.227 e. The Kier molecular flexibility index (Phi) is 4.92. The summed E-state index contributed by atoms with van der Waals surface area (Å²) in [6.07, 6.45) is 5.53. The fourth-order valence-corrected chi connectivity index (χ4v) is 2.64. The number of carbonyl (C=O) groups excluding carboxylic acids is 1. The highest BCUT2D eigenvalue weighted by Gasteiger charge is 2.11. The molecule has 0 aliphatic rings. The van der Waals surface area contributed by atoms with Crippen molar-refractivity contribution in [3.8, 4) is 22.6 Å². The van der Waals surface area contributed by atoms with Gasteiger partial charge in [0.2, 0.25) is 17.6 Å². The SMILES string of the molecule is Cc1nc(-c2ccc(NC(=O)CCc3nc(-c4ccncc4)no3)cc2)co1. The van der Waals surface area contributed by atoms with Gasteiger partial charge in [-0.25, -0.2) is 4.98 Å². The fraction of sp³-hybridized carbons (Fsp3) is 0.150. The predicted octanol–water partition coefficient (Wildman–Crippen LogP) is 3.67. The zero-order chi connectivity index (χ0) is 19.3. The number of benzene rings is 1. The smallest absolute Gasteiger partial charge is 0.227 e. The molecule has 1 N–H and O–H groups in total. The van der Waals surface area contributed by atoms with Gasteiger partial charge in [-0.3, -0.25) is 9.78 Å². The van der Waals surface area contributed by atoms with Crippen LogP contribution in [0.2, 0.25) is 0 Å². The topological polar surface area (TPSA) is 107 Å². The van der Waals surface area contributed by atoms with Crippen LogP contribution in [0.1, 0.15) is 18.2 Å². The third-order valence-electron chi connectivity index (χ3n) is 4.06. The minimum absolute atomic E-state index is 0.131. The molecule has 0 radical (unpaired) electrons. The molecule has 0 fully saturated rings. The Morgan fingerprint density at radius 2 is 1.82 bits per heavy atom. The van der Waals surface area contributed by atoms with Crippen molar-refractivity contribution in [2.45, 2.75) is 19.8 Å². The molecule has 0 unspecified atom stereocenters. The standard InChI is InChI=1S/C20H17N5O3/c1-13-22-17(12-27-13)14-2-4-16(5-3-14)23-18(26)6-7-19-24-20(25-28-19)15-8-10-21-11-9-15/h2-5,8-12H,6-7H2,1H3,(H,23,26). The molecule has 3 heterocycles. The Morgan fingerprint density at radius 3 is 2.54 bits per heavy atom. The molecule has 0 atom stereocenters. The molecule has 0 spiro atoms. The number of oxazole rings is 1. The summed E-state index contributed by atoms with van der Waals surface area (Å²) in [5, 5.41) is 6.78. The molecule has 28 heavy (non-hydrogen) atoms. The van der Waals surface area contributed by atoms with Crippen molar-refractivity contribution >= 4 is 11.6 Å². The van der Waals surface area contributed by atoms with Crippen molar-refractivity contribution in [1.29, 1.82) is 0 Å². The first kappa shape index (κ1) is 17.6. The van der Waals surface area contributed by atoms with Gasteiger partial charge in [0, 0.05) is 49.0 Å². The number of nitrogens with zero attached hydrogens (tertiary/aromatic N) is 4. The van der Waals surface area contributed by atoms with Crippen molar-refractivity contribution in [3.63, 3.8) is 0 Å². The second-order valence-corrected chi connectivity index (χ2v) is 6.12. The summed E-state index contributed by atoms with van der Waals surface area (Å²) in [6.45, 7) is 1.79. The number of hydrogen-bond acceptors (Lipinski definition) is 7. The molecular weight excluding hydrogens is 358 g/mol. The van der Waals surface area contributed by atoms with Crippen molar-refractivity contribution in [3.05, 3.63) is 66.8 Å². The third kappa shape index (κ3) is 4.12. The highest BCUT2D eigenvalue weighted by molar-refractivity contribution is 5.91. The van der Waals surface area contributed by atoms with Gasteiger partial charge in [0.1, 0.15) is 12.0 Å². The Labute approximate surface area is 160 Å². The van der Waals surface area contributed by atoms with E-state index in [-0.39, 0.29) is 12.3 Å². The predicted molar refractivity (Wildman–Crippen MR) is 101 cm³/mol. The van der Waals surface area contributed by atoms with Crippen LogP contribution in [0.15, 0.2) is 64.0 Å². The highest BCUT2D eigenvalue weighted by atomic mass is 16.5. The monoisotopic (exact) mass is 375 g/mol. The molecule has 4 rings (SSSR count). The van der Waals surface area contributed by atoms with Crippen LogP contribution in [0.3, 0.4) is 0 Å². The van der Waals surface area contributed by atoms with Crippen LogP contribution in [0.25, 0.3) is 22.6 Å². The van der Waals surface area contributed by atoms with Crippen LogP contribution in [0.5, 0.6) is 0 Å². The molecule has 1 aromatic carbocycles. The molecule has 0 saturated heterocycles. The lowest BCUT2D eigenvalue weighted by atomic mass is 10.1. The summed E-state index contributed by atoms with van der Waals surface area (Å²) in [5.74, 6) is 1.38. The molecule has 0 aliphatic heterocycles. The number of hydrogen-bond donors (Lipinski definition) is 1. The molecule has 140 valence electrons. The Balaban J connectivity index is 1.32. The molecule has 8 heteroatoms. The van der Waals surface area contributed by atoms with Crippen molar-refractivity contribution in [1.82, 2.24) is 20.1 Å². The van der Waals surface area contributed by atoms with E-state index in [2.05, 4.69) is 25.4 Å². The van der Waals surface area contributed by atoms with E-state index in [0.717, 1.165) is 16.8 Å². The minimum atomic E-state index is -0.131. The van der Waals surface area contributed by atoms with E-state index in [4.69, 9.17) is 8.94 Å². The molecule has 4 aromatic rings. The first-order valence-corrected chi connectivity index (χ1v) is 8.73. The van der Waals surface area contributed by atoms with Gasteiger partial charge in [-0.2, -0.15) is 4.98 Å². The van der Waals surface area contributed by atoms with Gasteiger partial charge in [0.05, 0.1) is 0 Å². The van der Waals surface area contributed by atoms with Crippen LogP contribution >= 0.6 is 0 Å². The van der Waals surface area contributed by atoms with E-state index in [1.165, 1.54) is 0 Å². The summed E-state index contributed by atoms with van der Waals surface area (Å²) in [4.78, 5) is 24.7. The summed E-state index contributed by atoms with van der Waals surface area (Å²) in [6, 6.07) is 11.0. The average Bonchev–Trinajstić information content (AvgIpc) is 3.37. The largest absolute Gasteiger partial charge is 0.449 e. The Bertz CT molecular complexity index is 1070. The molecule has 0 saturated carbocycles. The van der Waals surface area contributed by atoms with Gasteiger partial charge in [-0.05, 0) is 24.3 Å². The summed E-state index contributed by atoms with van der Waals surface area (Å²) in [5.41, 5.74) is 3.20. The van der Waals surface area contributed by atoms with E-state index >= 15 is 0 Å². The van der Waals surface area contributed by atoms with E-state index in [1.54, 1.807) is 37.7 Å². The quantitative estimate of drug-likeness (QED) is 0.548. The second-order valence-electron chi connectivity index (χ2n) is 6.12. The van der Waals surface area contributed by atoms with Gasteiger partial charge < -0.3 is 14.3 Å². The molecule has 8 nitrogen and oxygen atoms in total. The molecular formula is C20H17N5O3. The van der Waals surface area contributed by atoms with E-state index in [0.29, 0.717) is 29.7 Å². The summed E-state index contributed by atoms with van der Waals surface area (Å²) in [7, 11) is 0. The average molecular weight is 375 g/mol. The van der Waals surface area contributed by atoms with Gasteiger partial charge in [0.15, 0.2) is 5.89 Å². The van der Waals surface area contributed by atoms with E-state index in [9.17, 15) is 4.79 Å². The second kappa shape index (κ2) is 7.83. The van der Waals surface area contributed by atoms with Crippen LogP contribution < -0.4 is 5.32 Å². The van der Waals surface area contributed by atoms with E-state index in [1.807, 2.05) is 24.3 Å². The van der Waals surface area contributed by atoms with Crippen LogP contribution in [0.4, 0.5) is 5.69 Å². The van der Waals surface area contributed by atoms with Crippen LogP contribution in [-0.2, 0) is 11.2 Å². The minimum Gasteiger partial charge on any atom is -0.449 e. The number of rotatable bonds is 6. The number of aryl methyl sites for hydroxylation is 2. The number of amides is 1. The van der Waals surface area contributed by atoms with Crippen LogP contribution in [-0.4, -0.2) is 26.0 Å². The lowest BCUT2D eigenvalue weighted by Gasteiger charge is -2.05. The van der Waals surface area contributed by atoms with Crippen molar-refractivity contribution in [2.75, 3.05) is 5.32 Å². The van der Waals surface area contributed by atoms with Crippen LogP contribution in [0, 0.1) is 6.92 Å². The van der Waals surface area contributed by atoms with Gasteiger partial charge >= 0.3 is 0 Å². The molecule has 1 amide bonds. The molecule has 0 aliphatic carbocycles. The molecule has 0 bridgehead atoms. The van der Waals surface area contributed by atoms with Crippen molar-refractivity contribution < 1.29 is 13.7 Å². The summed E-state index contributed by atoms with van der Waals surface area (Å²) >= 11 is 0. The highest BCUT2D eigenvalue weighted by Crippen LogP contribution is 2.21. The van der Waals surface area contributed by atoms with Gasteiger partial charge in [-0.1, -0.05) is 17.3 Å². The number of anilines is 1. The zero-order valence-corrected chi connectivity index (χ0v) is 15.1. The molecule has 3 aromatic heterocycles. The number of carbonyl (C=O) groups is 1.